The fourth-order valence-corrected chi connectivity index (χ4v) is 2.97. The van der Waals surface area contributed by atoms with Gasteiger partial charge in [0.25, 0.3) is 0 Å². The summed E-state index contributed by atoms with van der Waals surface area (Å²) < 4.78 is 12.8. The van der Waals surface area contributed by atoms with Gasteiger partial charge in [-0.05, 0) is 17.7 Å². The maximum atomic E-state index is 5.52. The van der Waals surface area contributed by atoms with Crippen molar-refractivity contribution in [3.8, 4) is 22.8 Å². The zero-order chi connectivity index (χ0) is 17.9. The molecule has 0 atom stereocenters. The number of hydrogen-bond acceptors (Lipinski definition) is 5. The van der Waals surface area contributed by atoms with Crippen LogP contribution >= 0.6 is 0 Å². The number of benzene rings is 2. The Bertz CT molecular complexity index is 1040. The summed E-state index contributed by atoms with van der Waals surface area (Å²) in [5.74, 6) is 1.41. The monoisotopic (exact) mass is 346 g/mol. The van der Waals surface area contributed by atoms with Crippen LogP contribution in [0.2, 0.25) is 0 Å². The molecule has 0 aliphatic heterocycles. The van der Waals surface area contributed by atoms with E-state index in [1.165, 1.54) is 5.56 Å². The van der Waals surface area contributed by atoms with E-state index in [0.717, 1.165) is 28.2 Å². The normalized spacial score (nSPS) is 10.8. The van der Waals surface area contributed by atoms with Gasteiger partial charge in [-0.15, -0.1) is 0 Å². The largest absolute Gasteiger partial charge is 0.497 e. The van der Waals surface area contributed by atoms with E-state index in [-0.39, 0.29) is 0 Å². The lowest BCUT2D eigenvalue weighted by Crippen LogP contribution is -2.00. The van der Waals surface area contributed by atoms with Crippen molar-refractivity contribution in [1.82, 2.24) is 19.5 Å². The predicted molar refractivity (Wildman–Crippen MR) is 99.4 cm³/mol. The minimum atomic E-state index is 0.682. The molecule has 0 spiro atoms. The Hall–Kier alpha value is -3.41. The number of methoxy groups -OCH3 is 2. The standard InChI is InChI=1S/C20H18N4O2/c1-25-15-8-9-16(17(10-15)26-2)18-19-20(22-12-21-18)24(13-23-19)11-14-6-4-3-5-7-14/h3-10,12-13H,11H2,1-2H3. The Balaban J connectivity index is 1.80. The van der Waals surface area contributed by atoms with Crippen molar-refractivity contribution in [1.29, 1.82) is 0 Å². The minimum absolute atomic E-state index is 0.682. The third-order valence-corrected chi connectivity index (χ3v) is 4.26. The SMILES string of the molecule is COc1ccc(-c2ncnc3c2ncn3Cc2ccccc2)c(OC)c1. The first-order valence-electron chi connectivity index (χ1n) is 8.22. The van der Waals surface area contributed by atoms with E-state index in [4.69, 9.17) is 9.47 Å². The lowest BCUT2D eigenvalue weighted by atomic mass is 10.1. The zero-order valence-electron chi connectivity index (χ0n) is 14.6. The molecular weight excluding hydrogens is 328 g/mol. The van der Waals surface area contributed by atoms with E-state index >= 15 is 0 Å². The first-order valence-corrected chi connectivity index (χ1v) is 8.22. The van der Waals surface area contributed by atoms with Crippen molar-refractivity contribution in [2.45, 2.75) is 6.54 Å². The van der Waals surface area contributed by atoms with Crippen LogP contribution in [0.3, 0.4) is 0 Å². The predicted octanol–water partition coefficient (Wildman–Crippen LogP) is 3.56. The molecule has 26 heavy (non-hydrogen) atoms. The lowest BCUT2D eigenvalue weighted by Gasteiger charge is -2.10. The van der Waals surface area contributed by atoms with E-state index < -0.39 is 0 Å². The number of rotatable bonds is 5. The molecule has 4 rings (SSSR count). The highest BCUT2D eigenvalue weighted by molar-refractivity contribution is 5.89. The Morgan fingerprint density at radius 2 is 1.77 bits per heavy atom. The molecule has 2 aromatic carbocycles. The van der Waals surface area contributed by atoms with Gasteiger partial charge in [-0.25, -0.2) is 15.0 Å². The van der Waals surface area contributed by atoms with Crippen molar-refractivity contribution in [2.24, 2.45) is 0 Å². The first kappa shape index (κ1) is 16.1. The topological polar surface area (TPSA) is 62.1 Å². The second-order valence-corrected chi connectivity index (χ2v) is 5.82. The number of aromatic nitrogens is 4. The average molecular weight is 346 g/mol. The molecule has 0 aliphatic rings. The van der Waals surface area contributed by atoms with Gasteiger partial charge in [0.05, 0.1) is 27.1 Å². The summed E-state index contributed by atoms with van der Waals surface area (Å²) in [6.07, 6.45) is 3.36. The van der Waals surface area contributed by atoms with Crippen molar-refractivity contribution >= 4 is 11.2 Å². The van der Waals surface area contributed by atoms with E-state index in [1.807, 2.05) is 41.0 Å². The molecule has 130 valence electrons. The second-order valence-electron chi connectivity index (χ2n) is 5.82. The molecule has 0 unspecified atom stereocenters. The smallest absolute Gasteiger partial charge is 0.164 e. The van der Waals surface area contributed by atoms with Gasteiger partial charge in [0.15, 0.2) is 5.65 Å². The summed E-state index contributed by atoms with van der Waals surface area (Å²) in [6, 6.07) is 15.9. The van der Waals surface area contributed by atoms with Gasteiger partial charge >= 0.3 is 0 Å². The Kier molecular flexibility index (Phi) is 4.23. The fourth-order valence-electron chi connectivity index (χ4n) is 2.97. The van der Waals surface area contributed by atoms with E-state index in [9.17, 15) is 0 Å². The molecule has 2 heterocycles. The van der Waals surface area contributed by atoms with E-state index in [1.54, 1.807) is 26.9 Å². The van der Waals surface area contributed by atoms with Gasteiger partial charge in [0, 0.05) is 11.6 Å². The molecule has 0 saturated heterocycles. The molecule has 6 heteroatoms. The summed E-state index contributed by atoms with van der Waals surface area (Å²) in [5, 5.41) is 0. The van der Waals surface area contributed by atoms with Gasteiger partial charge in [-0.2, -0.15) is 0 Å². The Morgan fingerprint density at radius 1 is 0.923 bits per heavy atom. The Labute approximate surface area is 151 Å². The summed E-state index contributed by atoms with van der Waals surface area (Å²) in [4.78, 5) is 13.5. The molecule has 0 radical (unpaired) electrons. The minimum Gasteiger partial charge on any atom is -0.497 e. The molecule has 0 N–H and O–H groups in total. The molecule has 0 fully saturated rings. The summed E-state index contributed by atoms with van der Waals surface area (Å²) >= 11 is 0. The number of ether oxygens (including phenoxy) is 2. The van der Waals surface area contributed by atoms with Crippen molar-refractivity contribution in [3.63, 3.8) is 0 Å². The molecular formula is C20H18N4O2. The molecule has 0 amide bonds. The molecule has 2 aromatic heterocycles. The van der Waals surface area contributed by atoms with Gasteiger partial charge in [0.1, 0.15) is 29.0 Å². The highest BCUT2D eigenvalue weighted by Crippen LogP contribution is 2.34. The molecule has 0 saturated carbocycles. The van der Waals surface area contributed by atoms with Crippen LogP contribution in [0.25, 0.3) is 22.4 Å². The van der Waals surface area contributed by atoms with Crippen LogP contribution in [0.4, 0.5) is 0 Å². The molecule has 6 nitrogen and oxygen atoms in total. The van der Waals surface area contributed by atoms with Crippen LogP contribution in [0.15, 0.2) is 61.2 Å². The zero-order valence-corrected chi connectivity index (χ0v) is 14.6. The lowest BCUT2D eigenvalue weighted by molar-refractivity contribution is 0.395. The van der Waals surface area contributed by atoms with Crippen LogP contribution in [-0.2, 0) is 6.54 Å². The van der Waals surface area contributed by atoms with Crippen LogP contribution in [0.5, 0.6) is 11.5 Å². The maximum Gasteiger partial charge on any atom is 0.164 e. The maximum absolute atomic E-state index is 5.52. The summed E-state index contributed by atoms with van der Waals surface area (Å²) in [6.45, 7) is 0.702. The van der Waals surface area contributed by atoms with E-state index in [2.05, 4.69) is 27.1 Å². The fraction of sp³-hybridized carbons (Fsp3) is 0.150. The highest BCUT2D eigenvalue weighted by atomic mass is 16.5. The molecule has 0 aliphatic carbocycles. The Morgan fingerprint density at radius 3 is 2.54 bits per heavy atom. The van der Waals surface area contributed by atoms with Gasteiger partial charge in [-0.3, -0.25) is 0 Å². The molecule has 4 aromatic rings. The second kappa shape index (κ2) is 6.84. The first-order chi connectivity index (χ1) is 12.8. The van der Waals surface area contributed by atoms with Crippen molar-refractivity contribution in [2.75, 3.05) is 14.2 Å². The quantitative estimate of drug-likeness (QED) is 0.553. The average Bonchev–Trinajstić information content (AvgIpc) is 3.11. The summed E-state index contributed by atoms with van der Waals surface area (Å²) in [7, 11) is 3.26. The number of fused-ring (bicyclic) bond motifs is 1. The third-order valence-electron chi connectivity index (χ3n) is 4.26. The van der Waals surface area contributed by atoms with Gasteiger partial charge < -0.3 is 14.0 Å². The van der Waals surface area contributed by atoms with Gasteiger partial charge in [0.2, 0.25) is 0 Å². The summed E-state index contributed by atoms with van der Waals surface area (Å²) in [5.41, 5.74) is 4.31. The number of imidazole rings is 1. The van der Waals surface area contributed by atoms with Crippen LogP contribution in [0, 0.1) is 0 Å². The van der Waals surface area contributed by atoms with Crippen LogP contribution < -0.4 is 9.47 Å². The van der Waals surface area contributed by atoms with Gasteiger partial charge in [-0.1, -0.05) is 30.3 Å². The number of hydrogen-bond donors (Lipinski definition) is 0. The number of nitrogens with zero attached hydrogens (tertiary/aromatic N) is 4. The van der Waals surface area contributed by atoms with Crippen LogP contribution in [0.1, 0.15) is 5.56 Å². The van der Waals surface area contributed by atoms with E-state index in [0.29, 0.717) is 12.3 Å². The van der Waals surface area contributed by atoms with Crippen LogP contribution in [-0.4, -0.2) is 33.7 Å². The highest BCUT2D eigenvalue weighted by Gasteiger charge is 2.16. The van der Waals surface area contributed by atoms with Crippen molar-refractivity contribution in [3.05, 3.63) is 66.7 Å². The third kappa shape index (κ3) is 2.86. The van der Waals surface area contributed by atoms with Crippen molar-refractivity contribution < 1.29 is 9.47 Å². The molecule has 0 bridgehead atoms.